The number of aliphatic hydroxyl groups excluding tert-OH is 1. The number of fused-ring (bicyclic) bond motifs is 1. The third-order valence-electron chi connectivity index (χ3n) is 4.03. The maximum Gasteiger partial charge on any atom is 0.224 e. The number of hydrogen-bond donors (Lipinski definition) is 1. The van der Waals surface area contributed by atoms with E-state index >= 15 is 0 Å². The van der Waals surface area contributed by atoms with E-state index in [1.54, 1.807) is 6.20 Å². The van der Waals surface area contributed by atoms with Crippen LogP contribution in [-0.4, -0.2) is 34.3 Å². The number of aliphatic hydroxyl groups is 1. The first kappa shape index (κ1) is 11.2. The summed E-state index contributed by atoms with van der Waals surface area (Å²) in [6.45, 7) is 3.87. The van der Waals surface area contributed by atoms with Gasteiger partial charge in [-0.05, 0) is 37.3 Å². The average molecular weight is 254 g/mol. The highest BCUT2D eigenvalue weighted by Gasteiger charge is 2.42. The Kier molecular flexibility index (Phi) is 2.71. The van der Waals surface area contributed by atoms with E-state index in [0.717, 1.165) is 37.3 Å². The van der Waals surface area contributed by atoms with Crippen molar-refractivity contribution < 1.29 is 5.11 Å². The van der Waals surface area contributed by atoms with Gasteiger partial charge < -0.3 is 10.0 Å². The van der Waals surface area contributed by atoms with Crippen LogP contribution in [-0.2, 0) is 0 Å². The molecule has 2 fully saturated rings. The normalized spacial score (nSPS) is 31.9. The van der Waals surface area contributed by atoms with Crippen molar-refractivity contribution in [1.29, 1.82) is 0 Å². The summed E-state index contributed by atoms with van der Waals surface area (Å²) in [5, 5.41) is 10.2. The summed E-state index contributed by atoms with van der Waals surface area (Å²) in [4.78, 5) is 10.5. The summed E-state index contributed by atoms with van der Waals surface area (Å²) in [7, 11) is 0. The van der Waals surface area contributed by atoms with Crippen LogP contribution >= 0.6 is 11.6 Å². The Bertz CT molecular complexity index is 440. The van der Waals surface area contributed by atoms with Crippen LogP contribution in [0.15, 0.2) is 6.20 Å². The molecule has 0 amide bonds. The molecular formula is C12H16ClN3O. The molecule has 1 saturated carbocycles. The zero-order valence-corrected chi connectivity index (χ0v) is 10.6. The second-order valence-electron chi connectivity index (χ2n) is 5.12. The van der Waals surface area contributed by atoms with Gasteiger partial charge in [0.05, 0.1) is 6.10 Å². The molecule has 1 aromatic heterocycles. The Morgan fingerprint density at radius 3 is 3.00 bits per heavy atom. The minimum absolute atomic E-state index is 0.136. The summed E-state index contributed by atoms with van der Waals surface area (Å²) in [5.41, 5.74) is 1.05. The smallest absolute Gasteiger partial charge is 0.224 e. The molecule has 5 heteroatoms. The van der Waals surface area contributed by atoms with Gasteiger partial charge in [-0.15, -0.1) is 0 Å². The number of halogens is 1. The summed E-state index contributed by atoms with van der Waals surface area (Å²) < 4.78 is 0. The second kappa shape index (κ2) is 4.10. The zero-order valence-electron chi connectivity index (χ0n) is 9.80. The van der Waals surface area contributed by atoms with Crippen LogP contribution in [0.5, 0.6) is 0 Å². The van der Waals surface area contributed by atoms with Gasteiger partial charge in [-0.3, -0.25) is 0 Å². The minimum atomic E-state index is -0.136. The van der Waals surface area contributed by atoms with Gasteiger partial charge in [0.2, 0.25) is 5.28 Å². The molecular weight excluding hydrogens is 238 g/mol. The van der Waals surface area contributed by atoms with Gasteiger partial charge in [0.1, 0.15) is 5.82 Å². The summed E-state index contributed by atoms with van der Waals surface area (Å²) >= 11 is 5.85. The highest BCUT2D eigenvalue weighted by Crippen LogP contribution is 2.40. The summed E-state index contributed by atoms with van der Waals surface area (Å²) in [6.07, 6.45) is 3.70. The Hall–Kier alpha value is -0.870. The fraction of sp³-hybridized carbons (Fsp3) is 0.667. The van der Waals surface area contributed by atoms with Crippen LogP contribution in [0.3, 0.4) is 0 Å². The largest absolute Gasteiger partial charge is 0.393 e. The van der Waals surface area contributed by atoms with Crippen molar-refractivity contribution in [3.63, 3.8) is 0 Å². The Balaban J connectivity index is 1.85. The predicted molar refractivity (Wildman–Crippen MR) is 66.2 cm³/mol. The Labute approximate surface area is 106 Å². The molecule has 3 atom stereocenters. The van der Waals surface area contributed by atoms with E-state index in [1.165, 1.54) is 0 Å². The van der Waals surface area contributed by atoms with Crippen LogP contribution in [0.4, 0.5) is 5.82 Å². The maximum atomic E-state index is 9.90. The van der Waals surface area contributed by atoms with Crippen molar-refractivity contribution in [2.45, 2.75) is 25.9 Å². The molecule has 1 aromatic rings. The molecule has 3 rings (SSSR count). The van der Waals surface area contributed by atoms with Gasteiger partial charge in [0, 0.05) is 30.8 Å². The van der Waals surface area contributed by atoms with Crippen LogP contribution < -0.4 is 4.90 Å². The van der Waals surface area contributed by atoms with Crippen molar-refractivity contribution >= 4 is 17.4 Å². The van der Waals surface area contributed by atoms with E-state index in [1.807, 2.05) is 6.92 Å². The highest BCUT2D eigenvalue weighted by atomic mass is 35.5. The molecule has 3 unspecified atom stereocenters. The third-order valence-corrected chi connectivity index (χ3v) is 4.22. The topological polar surface area (TPSA) is 49.2 Å². The average Bonchev–Trinajstić information content (AvgIpc) is 2.85. The first-order chi connectivity index (χ1) is 8.15. The lowest BCUT2D eigenvalue weighted by Gasteiger charge is -2.21. The molecule has 2 aliphatic rings. The van der Waals surface area contributed by atoms with Gasteiger partial charge in [-0.25, -0.2) is 9.97 Å². The van der Waals surface area contributed by atoms with E-state index in [9.17, 15) is 5.11 Å². The number of anilines is 1. The molecule has 0 radical (unpaired) electrons. The highest BCUT2D eigenvalue weighted by molar-refractivity contribution is 6.28. The number of rotatable bonds is 1. The Morgan fingerprint density at radius 1 is 1.41 bits per heavy atom. The number of hydrogen-bond acceptors (Lipinski definition) is 4. The predicted octanol–water partition coefficient (Wildman–Crippen LogP) is 1.65. The van der Waals surface area contributed by atoms with Gasteiger partial charge >= 0.3 is 0 Å². The van der Waals surface area contributed by atoms with E-state index in [0.29, 0.717) is 17.1 Å². The Morgan fingerprint density at radius 2 is 2.24 bits per heavy atom. The quantitative estimate of drug-likeness (QED) is 0.774. The van der Waals surface area contributed by atoms with Crippen molar-refractivity contribution in [3.8, 4) is 0 Å². The molecule has 17 heavy (non-hydrogen) atoms. The molecule has 4 nitrogen and oxygen atoms in total. The zero-order chi connectivity index (χ0) is 12.0. The van der Waals surface area contributed by atoms with Gasteiger partial charge in [-0.2, -0.15) is 0 Å². The van der Waals surface area contributed by atoms with E-state index in [4.69, 9.17) is 11.6 Å². The van der Waals surface area contributed by atoms with Crippen LogP contribution in [0.25, 0.3) is 0 Å². The van der Waals surface area contributed by atoms with Gasteiger partial charge in [0.15, 0.2) is 0 Å². The van der Waals surface area contributed by atoms with Crippen molar-refractivity contribution in [1.82, 2.24) is 9.97 Å². The molecule has 92 valence electrons. The molecule has 1 saturated heterocycles. The monoisotopic (exact) mass is 253 g/mol. The summed E-state index contributed by atoms with van der Waals surface area (Å²) in [6, 6.07) is 0. The first-order valence-electron chi connectivity index (χ1n) is 6.07. The van der Waals surface area contributed by atoms with Gasteiger partial charge in [0.25, 0.3) is 0 Å². The fourth-order valence-corrected chi connectivity index (χ4v) is 3.27. The molecule has 1 aliphatic heterocycles. The standard InChI is InChI=1S/C12H16ClN3O/c1-7-4-14-12(13)15-11(7)16-5-8-2-3-10(17)9(8)6-16/h4,8-10,17H,2-3,5-6H2,1H3. The SMILES string of the molecule is Cc1cnc(Cl)nc1N1CC2CCC(O)C2C1. The number of aromatic nitrogens is 2. The van der Waals surface area contributed by atoms with Gasteiger partial charge in [-0.1, -0.05) is 0 Å². The number of nitrogens with zero attached hydrogens (tertiary/aromatic N) is 3. The van der Waals surface area contributed by atoms with E-state index in [-0.39, 0.29) is 6.10 Å². The third kappa shape index (κ3) is 1.89. The molecule has 0 aromatic carbocycles. The van der Waals surface area contributed by atoms with Crippen LogP contribution in [0.2, 0.25) is 5.28 Å². The van der Waals surface area contributed by atoms with Crippen molar-refractivity contribution in [2.24, 2.45) is 11.8 Å². The van der Waals surface area contributed by atoms with E-state index in [2.05, 4.69) is 14.9 Å². The molecule has 2 heterocycles. The maximum absolute atomic E-state index is 9.90. The van der Waals surface area contributed by atoms with Crippen LogP contribution in [0, 0.1) is 18.8 Å². The first-order valence-corrected chi connectivity index (χ1v) is 6.45. The van der Waals surface area contributed by atoms with Crippen LogP contribution in [0.1, 0.15) is 18.4 Å². The van der Waals surface area contributed by atoms with E-state index < -0.39 is 0 Å². The van der Waals surface area contributed by atoms with Crippen molar-refractivity contribution in [2.75, 3.05) is 18.0 Å². The van der Waals surface area contributed by atoms with Crippen molar-refractivity contribution in [3.05, 3.63) is 17.0 Å². The molecule has 1 aliphatic carbocycles. The molecule has 1 N–H and O–H groups in total. The minimum Gasteiger partial charge on any atom is -0.393 e. The molecule has 0 bridgehead atoms. The lowest BCUT2D eigenvalue weighted by molar-refractivity contribution is 0.133. The fourth-order valence-electron chi connectivity index (χ4n) is 3.14. The number of aryl methyl sites for hydroxylation is 1. The summed E-state index contributed by atoms with van der Waals surface area (Å²) in [5.74, 6) is 1.94. The lowest BCUT2D eigenvalue weighted by Crippen LogP contribution is -2.26. The lowest BCUT2D eigenvalue weighted by atomic mass is 10.00. The second-order valence-corrected chi connectivity index (χ2v) is 5.46. The molecule has 0 spiro atoms.